The van der Waals surface area contributed by atoms with Crippen LogP contribution in [0.2, 0.25) is 0 Å². The van der Waals surface area contributed by atoms with Crippen molar-refractivity contribution in [2.45, 2.75) is 25.0 Å². The lowest BCUT2D eigenvalue weighted by molar-refractivity contribution is -0.00150. The molecular weight excluding hydrogens is 303 g/mol. The minimum Gasteiger partial charge on any atom is -0.465 e. The number of nitrogens with zero attached hydrogens (tertiary/aromatic N) is 2. The Hall–Kier alpha value is -2.75. The highest BCUT2D eigenvalue weighted by atomic mass is 19.1. The molecule has 3 aromatic rings. The first-order chi connectivity index (χ1) is 11.7. The third kappa shape index (κ3) is 1.96. The number of halogens is 1. The lowest BCUT2D eigenvalue weighted by atomic mass is 9.86. The first kappa shape index (κ1) is 13.7. The van der Waals surface area contributed by atoms with Crippen molar-refractivity contribution < 1.29 is 9.13 Å². The molecule has 1 spiro atoms. The third-order valence-corrected chi connectivity index (χ3v) is 4.83. The van der Waals surface area contributed by atoms with Gasteiger partial charge >= 0.3 is 0 Å². The molecule has 5 rings (SSSR count). The molecule has 1 aliphatic heterocycles. The van der Waals surface area contributed by atoms with Crippen LogP contribution >= 0.6 is 0 Å². The van der Waals surface area contributed by atoms with Crippen LogP contribution < -0.4 is 4.74 Å². The number of rotatable bonds is 1. The second kappa shape index (κ2) is 4.87. The van der Waals surface area contributed by atoms with Crippen LogP contribution in [0, 0.1) is 5.82 Å². The first-order valence-corrected chi connectivity index (χ1v) is 8.17. The van der Waals surface area contributed by atoms with Crippen molar-refractivity contribution in [2.24, 2.45) is 4.99 Å². The summed E-state index contributed by atoms with van der Waals surface area (Å²) in [5.41, 5.74) is 2.71. The second-order valence-corrected chi connectivity index (χ2v) is 6.39. The number of fused-ring (bicyclic) bond motifs is 2. The fraction of sp³-hybridized carbons (Fsp3) is 0.200. The van der Waals surface area contributed by atoms with E-state index >= 15 is 0 Å². The van der Waals surface area contributed by atoms with E-state index in [1.807, 2.05) is 36.4 Å². The normalized spacial score (nSPS) is 17.8. The Morgan fingerprint density at radius 3 is 2.75 bits per heavy atom. The van der Waals surface area contributed by atoms with Crippen LogP contribution in [-0.2, 0) is 0 Å². The van der Waals surface area contributed by atoms with Gasteiger partial charge in [-0.2, -0.15) is 0 Å². The molecule has 0 atom stereocenters. The molecule has 1 aromatic heterocycles. The van der Waals surface area contributed by atoms with E-state index in [-0.39, 0.29) is 5.82 Å². The van der Waals surface area contributed by atoms with Crippen molar-refractivity contribution in [1.82, 2.24) is 4.98 Å². The van der Waals surface area contributed by atoms with Gasteiger partial charge in [0.05, 0.1) is 5.71 Å². The van der Waals surface area contributed by atoms with Crippen LogP contribution in [0.15, 0.2) is 59.7 Å². The zero-order valence-electron chi connectivity index (χ0n) is 13.0. The van der Waals surface area contributed by atoms with Gasteiger partial charge in [-0.05, 0) is 30.7 Å². The summed E-state index contributed by atoms with van der Waals surface area (Å²) in [7, 11) is 0. The highest BCUT2D eigenvalue weighted by molar-refractivity contribution is 6.16. The van der Waals surface area contributed by atoms with E-state index in [1.165, 1.54) is 6.07 Å². The van der Waals surface area contributed by atoms with Gasteiger partial charge in [0.15, 0.2) is 0 Å². The van der Waals surface area contributed by atoms with E-state index in [9.17, 15) is 4.39 Å². The van der Waals surface area contributed by atoms with Crippen molar-refractivity contribution in [3.8, 4) is 5.75 Å². The lowest BCUT2D eigenvalue weighted by Crippen LogP contribution is -2.44. The molecule has 118 valence electrons. The van der Waals surface area contributed by atoms with Crippen LogP contribution in [0.1, 0.15) is 30.4 Å². The Kier molecular flexibility index (Phi) is 2.77. The Morgan fingerprint density at radius 2 is 1.92 bits per heavy atom. The van der Waals surface area contributed by atoms with E-state index in [0.717, 1.165) is 47.2 Å². The van der Waals surface area contributed by atoms with E-state index in [0.29, 0.717) is 5.52 Å². The number of pyridine rings is 1. The van der Waals surface area contributed by atoms with Crippen molar-refractivity contribution in [3.63, 3.8) is 0 Å². The summed E-state index contributed by atoms with van der Waals surface area (Å²) >= 11 is 0. The molecule has 1 aliphatic carbocycles. The summed E-state index contributed by atoms with van der Waals surface area (Å²) in [6.45, 7) is 0. The molecule has 0 N–H and O–H groups in total. The molecule has 2 heterocycles. The number of hydrogen-bond donors (Lipinski definition) is 0. The molecular formula is C20H15FN2O. The van der Waals surface area contributed by atoms with Gasteiger partial charge in [0.25, 0.3) is 0 Å². The number of ether oxygens (including phenoxy) is 1. The fourth-order valence-corrected chi connectivity index (χ4v) is 3.41. The van der Waals surface area contributed by atoms with E-state index in [1.54, 1.807) is 12.3 Å². The number of para-hydroxylation sites is 2. The van der Waals surface area contributed by atoms with Crippen molar-refractivity contribution >= 4 is 16.6 Å². The minimum atomic E-state index is -0.430. The van der Waals surface area contributed by atoms with E-state index < -0.39 is 5.72 Å². The third-order valence-electron chi connectivity index (χ3n) is 4.83. The summed E-state index contributed by atoms with van der Waals surface area (Å²) in [6, 6.07) is 14.9. The van der Waals surface area contributed by atoms with E-state index in [2.05, 4.69) is 4.98 Å². The number of aliphatic imine (C=N–C) groups is 1. The van der Waals surface area contributed by atoms with Crippen molar-refractivity contribution in [3.05, 3.63) is 71.7 Å². The molecule has 3 nitrogen and oxygen atoms in total. The number of benzene rings is 2. The topological polar surface area (TPSA) is 34.5 Å². The minimum absolute atomic E-state index is 0.302. The maximum absolute atomic E-state index is 13.9. The SMILES string of the molecule is Fc1cccc2cc(C3=NC4(CCC4)Oc4ccccc43)cnc12. The maximum atomic E-state index is 13.9. The molecule has 0 unspecified atom stereocenters. The monoisotopic (exact) mass is 318 g/mol. The van der Waals surface area contributed by atoms with Crippen LogP contribution in [0.3, 0.4) is 0 Å². The molecule has 2 aromatic carbocycles. The zero-order valence-corrected chi connectivity index (χ0v) is 13.0. The Morgan fingerprint density at radius 1 is 1.04 bits per heavy atom. The van der Waals surface area contributed by atoms with Gasteiger partial charge in [-0.3, -0.25) is 4.98 Å². The molecule has 1 fully saturated rings. The second-order valence-electron chi connectivity index (χ2n) is 6.39. The molecule has 0 bridgehead atoms. The molecule has 24 heavy (non-hydrogen) atoms. The van der Waals surface area contributed by atoms with Crippen LogP contribution in [-0.4, -0.2) is 16.4 Å². The van der Waals surface area contributed by atoms with Gasteiger partial charge < -0.3 is 4.74 Å². The molecule has 2 aliphatic rings. The fourth-order valence-electron chi connectivity index (χ4n) is 3.41. The van der Waals surface area contributed by atoms with Crippen LogP contribution in [0.25, 0.3) is 10.9 Å². The molecule has 0 saturated heterocycles. The van der Waals surface area contributed by atoms with Gasteiger partial charge in [0, 0.05) is 35.6 Å². The van der Waals surface area contributed by atoms with Gasteiger partial charge in [-0.1, -0.05) is 24.3 Å². The summed E-state index contributed by atoms with van der Waals surface area (Å²) in [5, 5.41) is 0.779. The summed E-state index contributed by atoms with van der Waals surface area (Å²) in [6.07, 6.45) is 4.69. The highest BCUT2D eigenvalue weighted by Gasteiger charge is 2.43. The van der Waals surface area contributed by atoms with E-state index in [4.69, 9.17) is 9.73 Å². The van der Waals surface area contributed by atoms with Gasteiger partial charge in [-0.25, -0.2) is 9.38 Å². The molecule has 4 heteroatoms. The van der Waals surface area contributed by atoms with Crippen LogP contribution in [0.5, 0.6) is 5.75 Å². The zero-order chi connectivity index (χ0) is 16.1. The quantitative estimate of drug-likeness (QED) is 0.663. The Balaban J connectivity index is 1.71. The van der Waals surface area contributed by atoms with Gasteiger partial charge in [0.1, 0.15) is 17.1 Å². The predicted molar refractivity (Wildman–Crippen MR) is 91.0 cm³/mol. The first-order valence-electron chi connectivity index (χ1n) is 8.17. The van der Waals surface area contributed by atoms with Gasteiger partial charge in [0.2, 0.25) is 5.72 Å². The van der Waals surface area contributed by atoms with Crippen molar-refractivity contribution in [1.29, 1.82) is 0 Å². The largest absolute Gasteiger partial charge is 0.465 e. The average molecular weight is 318 g/mol. The van der Waals surface area contributed by atoms with Crippen LogP contribution in [0.4, 0.5) is 4.39 Å². The van der Waals surface area contributed by atoms with Gasteiger partial charge in [-0.15, -0.1) is 0 Å². The summed E-state index contributed by atoms with van der Waals surface area (Å²) < 4.78 is 20.0. The predicted octanol–water partition coefficient (Wildman–Crippen LogP) is 4.48. The lowest BCUT2D eigenvalue weighted by Gasteiger charge is -2.42. The summed E-state index contributed by atoms with van der Waals surface area (Å²) in [5.74, 6) is 0.561. The maximum Gasteiger partial charge on any atom is 0.200 e. The molecule has 0 radical (unpaired) electrons. The smallest absolute Gasteiger partial charge is 0.200 e. The Bertz CT molecular complexity index is 992. The average Bonchev–Trinajstić information content (AvgIpc) is 2.59. The Labute approximate surface area is 138 Å². The number of aromatic nitrogens is 1. The molecule has 0 amide bonds. The summed E-state index contributed by atoms with van der Waals surface area (Å²) in [4.78, 5) is 9.24. The molecule has 1 saturated carbocycles. The van der Waals surface area contributed by atoms with Crippen molar-refractivity contribution in [2.75, 3.05) is 0 Å². The number of hydrogen-bond acceptors (Lipinski definition) is 3. The highest BCUT2D eigenvalue weighted by Crippen LogP contribution is 2.43. The standard InChI is InChI=1S/C20H15FN2O/c21-16-7-3-5-13-11-14(12-22-19(13)16)18-15-6-1-2-8-17(15)24-20(23-18)9-4-10-20/h1-3,5-8,11-12H,4,9-10H2.